The van der Waals surface area contributed by atoms with Crippen molar-refractivity contribution in [2.24, 2.45) is 0 Å². The predicted octanol–water partition coefficient (Wildman–Crippen LogP) is 3.99. The Bertz CT molecular complexity index is 868. The first-order chi connectivity index (χ1) is 13.6. The first-order valence-electron chi connectivity index (χ1n) is 9.11. The maximum absolute atomic E-state index is 12.7. The summed E-state index contributed by atoms with van der Waals surface area (Å²) in [5.41, 5.74) is 6.41. The molecule has 28 heavy (non-hydrogen) atoms. The minimum atomic E-state index is -0.193. The average Bonchev–Trinajstić information content (AvgIpc) is 2.69. The summed E-state index contributed by atoms with van der Waals surface area (Å²) in [6.45, 7) is 2.63. The number of hydrogen-bond acceptors (Lipinski definition) is 3. The number of hydrogen-bond donors (Lipinski definition) is 2. The molecule has 0 aliphatic carbocycles. The number of nitrogens with zero attached hydrogens (tertiary/aromatic N) is 1. The number of carbonyl (C=O) groups is 2. The number of rotatable bonds is 7. The summed E-state index contributed by atoms with van der Waals surface area (Å²) in [7, 11) is 0. The third-order valence-electron chi connectivity index (χ3n) is 4.16. The van der Waals surface area contributed by atoms with Gasteiger partial charge in [-0.25, -0.2) is 5.01 Å². The Morgan fingerprint density at radius 3 is 1.71 bits per heavy atom. The highest BCUT2D eigenvalue weighted by Crippen LogP contribution is 2.12. The van der Waals surface area contributed by atoms with E-state index in [1.54, 1.807) is 24.3 Å². The summed E-state index contributed by atoms with van der Waals surface area (Å²) in [4.78, 5) is 23.9. The molecule has 0 aliphatic rings. The van der Waals surface area contributed by atoms with Crippen LogP contribution >= 0.6 is 0 Å². The van der Waals surface area contributed by atoms with Gasteiger partial charge >= 0.3 is 0 Å². The van der Waals surface area contributed by atoms with E-state index in [9.17, 15) is 9.59 Å². The fourth-order valence-corrected chi connectivity index (χ4v) is 2.86. The van der Waals surface area contributed by atoms with E-state index in [-0.39, 0.29) is 11.8 Å². The number of anilines is 1. The molecule has 0 atom stereocenters. The highest BCUT2D eigenvalue weighted by molar-refractivity contribution is 5.95. The van der Waals surface area contributed by atoms with Crippen LogP contribution in [0.25, 0.3) is 0 Å². The monoisotopic (exact) mass is 373 g/mol. The Balaban J connectivity index is 1.72. The highest BCUT2D eigenvalue weighted by Gasteiger charge is 2.13. The second-order valence-corrected chi connectivity index (χ2v) is 6.53. The second kappa shape index (κ2) is 9.48. The molecule has 0 radical (unpaired) electrons. The van der Waals surface area contributed by atoms with Crippen molar-refractivity contribution in [2.45, 2.75) is 20.0 Å². The van der Waals surface area contributed by atoms with Gasteiger partial charge in [-0.1, -0.05) is 60.7 Å². The molecule has 3 aromatic carbocycles. The van der Waals surface area contributed by atoms with E-state index in [4.69, 9.17) is 0 Å². The molecule has 0 saturated carbocycles. The topological polar surface area (TPSA) is 61.4 Å². The van der Waals surface area contributed by atoms with Crippen LogP contribution in [0.15, 0.2) is 84.9 Å². The molecular weight excluding hydrogens is 350 g/mol. The zero-order valence-corrected chi connectivity index (χ0v) is 15.8. The summed E-state index contributed by atoms with van der Waals surface area (Å²) in [6.07, 6.45) is 0. The van der Waals surface area contributed by atoms with Crippen LogP contribution in [-0.4, -0.2) is 16.8 Å². The van der Waals surface area contributed by atoms with E-state index >= 15 is 0 Å². The molecule has 3 rings (SSSR count). The van der Waals surface area contributed by atoms with Crippen LogP contribution in [0, 0.1) is 0 Å². The molecule has 3 aromatic rings. The van der Waals surface area contributed by atoms with Crippen molar-refractivity contribution in [2.75, 3.05) is 5.32 Å². The Morgan fingerprint density at radius 2 is 1.25 bits per heavy atom. The van der Waals surface area contributed by atoms with Crippen molar-refractivity contribution >= 4 is 17.5 Å². The van der Waals surface area contributed by atoms with Crippen LogP contribution in [0.2, 0.25) is 0 Å². The van der Waals surface area contributed by atoms with E-state index in [0.717, 1.165) is 11.1 Å². The van der Waals surface area contributed by atoms with E-state index in [0.29, 0.717) is 24.3 Å². The molecule has 0 heterocycles. The molecule has 2 N–H and O–H groups in total. The number of nitrogens with one attached hydrogen (secondary N) is 2. The van der Waals surface area contributed by atoms with Crippen LogP contribution in [0.5, 0.6) is 0 Å². The molecular formula is C23H23N3O2. The Kier molecular flexibility index (Phi) is 6.54. The predicted molar refractivity (Wildman–Crippen MR) is 110 cm³/mol. The smallest absolute Gasteiger partial charge is 0.265 e. The Labute approximate surface area is 165 Å². The summed E-state index contributed by atoms with van der Waals surface area (Å²) in [5, 5.41) is 4.59. The largest absolute Gasteiger partial charge is 0.326 e. The van der Waals surface area contributed by atoms with Gasteiger partial charge in [-0.15, -0.1) is 0 Å². The van der Waals surface area contributed by atoms with E-state index in [1.807, 2.05) is 65.7 Å². The van der Waals surface area contributed by atoms with Crippen LogP contribution in [0.1, 0.15) is 28.4 Å². The van der Waals surface area contributed by atoms with E-state index in [1.165, 1.54) is 6.92 Å². The lowest BCUT2D eigenvalue weighted by Crippen LogP contribution is -2.41. The van der Waals surface area contributed by atoms with Crippen molar-refractivity contribution in [3.63, 3.8) is 0 Å². The van der Waals surface area contributed by atoms with Crippen molar-refractivity contribution < 1.29 is 9.59 Å². The standard InChI is InChI=1S/C23H23N3O2/c1-18(27)24-22-14-12-21(13-15-22)23(28)25-26(16-19-8-4-2-5-9-19)17-20-10-6-3-7-11-20/h2-15H,16-17H2,1H3,(H,24,27)(H,25,28). The van der Waals surface area contributed by atoms with E-state index in [2.05, 4.69) is 10.7 Å². The van der Waals surface area contributed by atoms with Crippen molar-refractivity contribution in [3.05, 3.63) is 102 Å². The SMILES string of the molecule is CC(=O)Nc1ccc(C(=O)NN(Cc2ccccc2)Cc2ccccc2)cc1. The summed E-state index contributed by atoms with van der Waals surface area (Å²) in [6, 6.07) is 26.9. The van der Waals surface area contributed by atoms with Gasteiger partial charge in [0.15, 0.2) is 0 Å². The van der Waals surface area contributed by atoms with Crippen LogP contribution in [-0.2, 0) is 17.9 Å². The van der Waals surface area contributed by atoms with Gasteiger partial charge in [0.25, 0.3) is 5.91 Å². The first kappa shape index (κ1) is 19.3. The normalized spacial score (nSPS) is 10.5. The van der Waals surface area contributed by atoms with Crippen molar-refractivity contribution in [1.82, 2.24) is 10.4 Å². The molecule has 0 aliphatic heterocycles. The molecule has 5 nitrogen and oxygen atoms in total. The fraction of sp³-hybridized carbons (Fsp3) is 0.130. The lowest BCUT2D eigenvalue weighted by Gasteiger charge is -2.23. The lowest BCUT2D eigenvalue weighted by molar-refractivity contribution is -0.114. The van der Waals surface area contributed by atoms with Crippen LogP contribution < -0.4 is 10.7 Å². The van der Waals surface area contributed by atoms with Gasteiger partial charge in [-0.3, -0.25) is 15.0 Å². The van der Waals surface area contributed by atoms with Gasteiger partial charge in [0.05, 0.1) is 0 Å². The van der Waals surface area contributed by atoms with Crippen molar-refractivity contribution in [1.29, 1.82) is 0 Å². The molecule has 0 fully saturated rings. The zero-order valence-electron chi connectivity index (χ0n) is 15.8. The highest BCUT2D eigenvalue weighted by atomic mass is 16.2. The molecule has 2 amide bonds. The molecule has 0 saturated heterocycles. The van der Waals surface area contributed by atoms with Gasteiger partial charge in [0, 0.05) is 31.3 Å². The minimum Gasteiger partial charge on any atom is -0.326 e. The number of carbonyl (C=O) groups excluding carboxylic acids is 2. The molecule has 0 unspecified atom stereocenters. The lowest BCUT2D eigenvalue weighted by atomic mass is 10.2. The maximum atomic E-state index is 12.7. The molecule has 142 valence electrons. The van der Waals surface area contributed by atoms with E-state index < -0.39 is 0 Å². The first-order valence-corrected chi connectivity index (χ1v) is 9.11. The minimum absolute atomic E-state index is 0.144. The molecule has 0 aromatic heterocycles. The van der Waals surface area contributed by atoms with Crippen molar-refractivity contribution in [3.8, 4) is 0 Å². The summed E-state index contributed by atoms with van der Waals surface area (Å²) in [5.74, 6) is -0.338. The maximum Gasteiger partial charge on any atom is 0.265 e. The Morgan fingerprint density at radius 1 is 0.750 bits per heavy atom. The average molecular weight is 373 g/mol. The van der Waals surface area contributed by atoms with Gasteiger partial charge in [-0.05, 0) is 35.4 Å². The number of amides is 2. The molecule has 0 bridgehead atoms. The second-order valence-electron chi connectivity index (χ2n) is 6.53. The molecule has 0 spiro atoms. The Hall–Kier alpha value is -3.44. The molecule has 5 heteroatoms. The zero-order chi connectivity index (χ0) is 19.8. The van der Waals surface area contributed by atoms with Crippen LogP contribution in [0.4, 0.5) is 5.69 Å². The third-order valence-corrected chi connectivity index (χ3v) is 4.16. The van der Waals surface area contributed by atoms with Gasteiger partial charge in [0.1, 0.15) is 0 Å². The summed E-state index contributed by atoms with van der Waals surface area (Å²) < 4.78 is 0. The van der Waals surface area contributed by atoms with Crippen LogP contribution in [0.3, 0.4) is 0 Å². The quantitative estimate of drug-likeness (QED) is 0.616. The number of hydrazine groups is 1. The number of benzene rings is 3. The fourth-order valence-electron chi connectivity index (χ4n) is 2.86. The van der Waals surface area contributed by atoms with Gasteiger partial charge in [0.2, 0.25) is 5.91 Å². The van der Waals surface area contributed by atoms with Gasteiger partial charge in [-0.2, -0.15) is 0 Å². The summed E-state index contributed by atoms with van der Waals surface area (Å²) >= 11 is 0. The third kappa shape index (κ3) is 5.79. The van der Waals surface area contributed by atoms with Gasteiger partial charge < -0.3 is 5.32 Å².